The molecule has 1 aromatic carbocycles. The molecule has 0 radical (unpaired) electrons. The van der Waals surface area contributed by atoms with Crippen molar-refractivity contribution in [2.24, 2.45) is 0 Å². The van der Waals surface area contributed by atoms with Crippen LogP contribution < -0.4 is 11.1 Å². The van der Waals surface area contributed by atoms with Gasteiger partial charge in [0, 0.05) is 16.3 Å². The molecule has 1 atom stereocenters. The van der Waals surface area contributed by atoms with E-state index in [0.717, 1.165) is 28.0 Å². The van der Waals surface area contributed by atoms with Crippen LogP contribution in [0.1, 0.15) is 13.3 Å². The van der Waals surface area contributed by atoms with Crippen LogP contribution in [-0.2, 0) is 0 Å². The van der Waals surface area contributed by atoms with Gasteiger partial charge in [0.15, 0.2) is 0 Å². The monoisotopic (exact) mass is 288 g/mol. The van der Waals surface area contributed by atoms with Gasteiger partial charge in [-0.2, -0.15) is 11.8 Å². The molecule has 0 aliphatic heterocycles. The van der Waals surface area contributed by atoms with Crippen LogP contribution in [0.25, 0.3) is 0 Å². The lowest BCUT2D eigenvalue weighted by Crippen LogP contribution is -2.21. The van der Waals surface area contributed by atoms with Gasteiger partial charge < -0.3 is 11.1 Å². The molecule has 84 valence electrons. The Bertz CT molecular complexity index is 317. The van der Waals surface area contributed by atoms with Crippen molar-refractivity contribution in [1.29, 1.82) is 0 Å². The molecule has 0 heterocycles. The highest BCUT2D eigenvalue weighted by molar-refractivity contribution is 9.10. The van der Waals surface area contributed by atoms with Gasteiger partial charge in [0.2, 0.25) is 0 Å². The van der Waals surface area contributed by atoms with Gasteiger partial charge in [0.05, 0.1) is 11.4 Å². The molecule has 15 heavy (non-hydrogen) atoms. The van der Waals surface area contributed by atoms with E-state index >= 15 is 0 Å². The zero-order chi connectivity index (χ0) is 11.3. The van der Waals surface area contributed by atoms with E-state index in [4.69, 9.17) is 5.73 Å². The number of thioether (sulfide) groups is 1. The SMILES string of the molecule is CCC(CSC)Nc1cc(Br)ccc1N. The minimum atomic E-state index is 0.483. The molecule has 0 saturated carbocycles. The summed E-state index contributed by atoms with van der Waals surface area (Å²) in [6.45, 7) is 2.18. The number of halogens is 1. The van der Waals surface area contributed by atoms with Gasteiger partial charge in [-0.05, 0) is 30.9 Å². The molecule has 1 rings (SSSR count). The third-order valence-electron chi connectivity index (χ3n) is 2.24. The number of nitrogen functional groups attached to an aromatic ring is 1. The Kier molecular flexibility index (Phi) is 5.32. The summed E-state index contributed by atoms with van der Waals surface area (Å²) in [6, 6.07) is 6.38. The number of anilines is 2. The van der Waals surface area contributed by atoms with Crippen molar-refractivity contribution < 1.29 is 0 Å². The van der Waals surface area contributed by atoms with Gasteiger partial charge in [-0.3, -0.25) is 0 Å². The standard InChI is InChI=1S/C11H17BrN2S/c1-3-9(7-15-2)14-11-6-8(12)4-5-10(11)13/h4-6,9,14H,3,7,13H2,1-2H3. The van der Waals surface area contributed by atoms with E-state index in [-0.39, 0.29) is 0 Å². The maximum absolute atomic E-state index is 5.90. The molecule has 1 unspecified atom stereocenters. The van der Waals surface area contributed by atoms with Crippen LogP contribution in [0, 0.1) is 0 Å². The zero-order valence-electron chi connectivity index (χ0n) is 9.09. The predicted molar refractivity (Wildman–Crippen MR) is 74.6 cm³/mol. The summed E-state index contributed by atoms with van der Waals surface area (Å²) in [7, 11) is 0. The largest absolute Gasteiger partial charge is 0.397 e. The molecule has 4 heteroatoms. The molecular weight excluding hydrogens is 272 g/mol. The van der Waals surface area contributed by atoms with Crippen LogP contribution in [0.2, 0.25) is 0 Å². The molecule has 3 N–H and O–H groups in total. The number of nitrogens with two attached hydrogens (primary N) is 1. The van der Waals surface area contributed by atoms with E-state index in [1.807, 2.05) is 30.0 Å². The fraction of sp³-hybridized carbons (Fsp3) is 0.455. The lowest BCUT2D eigenvalue weighted by molar-refractivity contribution is 0.775. The minimum absolute atomic E-state index is 0.483. The number of rotatable bonds is 5. The third kappa shape index (κ3) is 3.95. The lowest BCUT2D eigenvalue weighted by Gasteiger charge is -2.18. The predicted octanol–water partition coefficient (Wildman–Crippen LogP) is 3.58. The van der Waals surface area contributed by atoms with Gasteiger partial charge in [0.1, 0.15) is 0 Å². The number of benzene rings is 1. The summed E-state index contributed by atoms with van der Waals surface area (Å²) in [5.41, 5.74) is 7.72. The van der Waals surface area contributed by atoms with Crippen LogP contribution in [0.4, 0.5) is 11.4 Å². The van der Waals surface area contributed by atoms with Crippen molar-refractivity contribution in [1.82, 2.24) is 0 Å². The van der Waals surface area contributed by atoms with Crippen molar-refractivity contribution in [3.05, 3.63) is 22.7 Å². The van der Waals surface area contributed by atoms with Gasteiger partial charge in [-0.1, -0.05) is 22.9 Å². The average molecular weight is 289 g/mol. The Morgan fingerprint density at radius 2 is 2.27 bits per heavy atom. The zero-order valence-corrected chi connectivity index (χ0v) is 11.5. The van der Waals surface area contributed by atoms with Crippen molar-refractivity contribution >= 4 is 39.1 Å². The van der Waals surface area contributed by atoms with Crippen LogP contribution in [0.15, 0.2) is 22.7 Å². The maximum Gasteiger partial charge on any atom is 0.0587 e. The summed E-state index contributed by atoms with van der Waals surface area (Å²) in [5, 5.41) is 3.46. The highest BCUT2D eigenvalue weighted by Gasteiger charge is 2.07. The summed E-state index contributed by atoms with van der Waals surface area (Å²) < 4.78 is 1.05. The molecule has 2 nitrogen and oxygen atoms in total. The summed E-state index contributed by atoms with van der Waals surface area (Å²) >= 11 is 5.29. The van der Waals surface area contributed by atoms with E-state index in [0.29, 0.717) is 6.04 Å². The molecule has 0 aliphatic rings. The first kappa shape index (κ1) is 12.7. The topological polar surface area (TPSA) is 38.0 Å². The molecule has 0 amide bonds. The second-order valence-electron chi connectivity index (χ2n) is 3.44. The Morgan fingerprint density at radius 1 is 1.53 bits per heavy atom. The molecule has 1 aromatic rings. The molecular formula is C11H17BrN2S. The summed E-state index contributed by atoms with van der Waals surface area (Å²) in [4.78, 5) is 0. The van der Waals surface area contributed by atoms with Crippen LogP contribution in [0.3, 0.4) is 0 Å². The molecule has 0 aromatic heterocycles. The smallest absolute Gasteiger partial charge is 0.0587 e. The van der Waals surface area contributed by atoms with Crippen molar-refractivity contribution in [2.45, 2.75) is 19.4 Å². The first-order chi connectivity index (χ1) is 7.17. The lowest BCUT2D eigenvalue weighted by atomic mass is 10.2. The molecule has 0 spiro atoms. The molecule has 0 bridgehead atoms. The summed E-state index contributed by atoms with van der Waals surface area (Å²) in [5.74, 6) is 1.10. The van der Waals surface area contributed by atoms with Gasteiger partial charge >= 0.3 is 0 Å². The van der Waals surface area contributed by atoms with Crippen molar-refractivity contribution in [2.75, 3.05) is 23.1 Å². The highest BCUT2D eigenvalue weighted by atomic mass is 79.9. The van der Waals surface area contributed by atoms with E-state index in [1.54, 1.807) is 0 Å². The van der Waals surface area contributed by atoms with E-state index in [9.17, 15) is 0 Å². The quantitative estimate of drug-likeness (QED) is 0.814. The van der Waals surface area contributed by atoms with Crippen LogP contribution in [-0.4, -0.2) is 18.1 Å². The Labute approximate surface area is 104 Å². The van der Waals surface area contributed by atoms with Gasteiger partial charge in [0.25, 0.3) is 0 Å². The van der Waals surface area contributed by atoms with Crippen LogP contribution in [0.5, 0.6) is 0 Å². The second-order valence-corrected chi connectivity index (χ2v) is 5.26. The first-order valence-electron chi connectivity index (χ1n) is 4.97. The van der Waals surface area contributed by atoms with Gasteiger partial charge in [-0.15, -0.1) is 0 Å². The minimum Gasteiger partial charge on any atom is -0.397 e. The van der Waals surface area contributed by atoms with E-state index in [1.165, 1.54) is 0 Å². The molecule has 0 saturated heterocycles. The molecule has 0 fully saturated rings. The fourth-order valence-electron chi connectivity index (χ4n) is 1.34. The first-order valence-corrected chi connectivity index (χ1v) is 7.16. The maximum atomic E-state index is 5.90. The number of nitrogens with one attached hydrogen (secondary N) is 1. The molecule has 0 aliphatic carbocycles. The van der Waals surface area contributed by atoms with Crippen molar-refractivity contribution in [3.8, 4) is 0 Å². The highest BCUT2D eigenvalue weighted by Crippen LogP contribution is 2.24. The Hall–Kier alpha value is -0.350. The van der Waals surface area contributed by atoms with E-state index < -0.39 is 0 Å². The number of hydrogen-bond donors (Lipinski definition) is 2. The fourth-order valence-corrected chi connectivity index (χ4v) is 2.42. The third-order valence-corrected chi connectivity index (χ3v) is 3.46. The van der Waals surface area contributed by atoms with Crippen LogP contribution >= 0.6 is 27.7 Å². The summed E-state index contributed by atoms with van der Waals surface area (Å²) in [6.07, 6.45) is 3.22. The Balaban J connectivity index is 2.73. The Morgan fingerprint density at radius 3 is 2.87 bits per heavy atom. The van der Waals surface area contributed by atoms with Gasteiger partial charge in [-0.25, -0.2) is 0 Å². The number of hydrogen-bond acceptors (Lipinski definition) is 3. The van der Waals surface area contributed by atoms with E-state index in [2.05, 4.69) is 34.4 Å². The second kappa shape index (κ2) is 6.28. The normalized spacial score (nSPS) is 12.5. The van der Waals surface area contributed by atoms with Crippen molar-refractivity contribution in [3.63, 3.8) is 0 Å². The average Bonchev–Trinajstić information content (AvgIpc) is 2.22.